The Labute approximate surface area is 140 Å². The molecule has 0 atom stereocenters. The predicted octanol–water partition coefficient (Wildman–Crippen LogP) is 4.23. The summed E-state index contributed by atoms with van der Waals surface area (Å²) in [5, 5.41) is 5.67. The summed E-state index contributed by atoms with van der Waals surface area (Å²) in [6.07, 6.45) is -1.29. The second kappa shape index (κ2) is 6.34. The monoisotopic (exact) mass is 350 g/mol. The van der Waals surface area contributed by atoms with Crippen molar-refractivity contribution in [2.24, 2.45) is 0 Å². The molecule has 0 aliphatic carbocycles. The van der Waals surface area contributed by atoms with Gasteiger partial charge in [0.05, 0.1) is 29.3 Å². The Morgan fingerprint density at radius 3 is 2.52 bits per heavy atom. The highest BCUT2D eigenvalue weighted by Gasteiger charge is 2.30. The summed E-state index contributed by atoms with van der Waals surface area (Å²) in [4.78, 5) is 19.1. The van der Waals surface area contributed by atoms with Gasteiger partial charge in [-0.05, 0) is 30.3 Å². The second-order valence-electron chi connectivity index (χ2n) is 5.10. The molecule has 0 spiro atoms. The number of aromatic nitrogens is 2. The maximum absolute atomic E-state index is 12.5. The van der Waals surface area contributed by atoms with Gasteiger partial charge in [-0.25, -0.2) is 9.78 Å². The number of ether oxygens (including phenoxy) is 1. The number of methoxy groups -OCH3 is 1. The molecule has 3 N–H and O–H groups in total. The van der Waals surface area contributed by atoms with E-state index in [1.807, 2.05) is 0 Å². The first-order valence-corrected chi connectivity index (χ1v) is 7.14. The van der Waals surface area contributed by atoms with Crippen molar-refractivity contribution in [1.82, 2.24) is 9.97 Å². The highest BCUT2D eigenvalue weighted by atomic mass is 19.4. The van der Waals surface area contributed by atoms with E-state index in [0.29, 0.717) is 17.0 Å². The average Bonchev–Trinajstić information content (AvgIpc) is 2.97. The van der Waals surface area contributed by atoms with E-state index in [-0.39, 0.29) is 5.69 Å². The quantitative estimate of drug-likeness (QED) is 0.661. The Morgan fingerprint density at radius 2 is 1.88 bits per heavy atom. The number of nitrogens with zero attached hydrogens (tertiary/aromatic N) is 1. The lowest BCUT2D eigenvalue weighted by molar-refractivity contribution is -0.137. The van der Waals surface area contributed by atoms with Crippen molar-refractivity contribution in [2.75, 3.05) is 17.7 Å². The van der Waals surface area contributed by atoms with E-state index in [1.165, 1.54) is 19.2 Å². The molecule has 0 bridgehead atoms. The highest BCUT2D eigenvalue weighted by Crippen LogP contribution is 2.31. The zero-order chi connectivity index (χ0) is 18.0. The number of nitrogens with one attached hydrogen (secondary N) is 3. The van der Waals surface area contributed by atoms with Crippen LogP contribution in [-0.2, 0) is 6.18 Å². The number of aromatic amines is 1. The number of alkyl halides is 3. The molecule has 1 aromatic carbocycles. The van der Waals surface area contributed by atoms with Crippen molar-refractivity contribution >= 4 is 28.3 Å². The standard InChI is InChI=1S/C16H13F3N4O2/c1-25-14-13-11(6-7-20-14)21-8-12(13)23-15(24)22-10-4-2-9(3-5-10)16(17,18)19/h2-8,21H,1H3,(H2,22,23,24). The van der Waals surface area contributed by atoms with E-state index in [4.69, 9.17) is 4.74 Å². The van der Waals surface area contributed by atoms with Crippen LogP contribution in [-0.4, -0.2) is 23.1 Å². The molecule has 0 fully saturated rings. The number of rotatable bonds is 3. The van der Waals surface area contributed by atoms with Gasteiger partial charge in [0.25, 0.3) is 0 Å². The first kappa shape index (κ1) is 16.6. The molecule has 0 aliphatic heterocycles. The van der Waals surface area contributed by atoms with Crippen LogP contribution in [0.15, 0.2) is 42.7 Å². The van der Waals surface area contributed by atoms with Gasteiger partial charge in [-0.2, -0.15) is 13.2 Å². The number of hydrogen-bond donors (Lipinski definition) is 3. The Balaban J connectivity index is 1.75. The first-order chi connectivity index (χ1) is 11.9. The largest absolute Gasteiger partial charge is 0.480 e. The van der Waals surface area contributed by atoms with Gasteiger partial charge in [-0.15, -0.1) is 0 Å². The van der Waals surface area contributed by atoms with Gasteiger partial charge in [0.15, 0.2) is 0 Å². The molecule has 3 aromatic rings. The van der Waals surface area contributed by atoms with Crippen molar-refractivity contribution < 1.29 is 22.7 Å². The van der Waals surface area contributed by atoms with Crippen molar-refractivity contribution in [3.8, 4) is 5.88 Å². The van der Waals surface area contributed by atoms with Crippen molar-refractivity contribution in [2.45, 2.75) is 6.18 Å². The Hall–Kier alpha value is -3.23. The number of carbonyl (C=O) groups excluding carboxylic acids is 1. The van der Waals surface area contributed by atoms with E-state index >= 15 is 0 Å². The minimum absolute atomic E-state index is 0.232. The first-order valence-electron chi connectivity index (χ1n) is 7.14. The van der Waals surface area contributed by atoms with Crippen molar-refractivity contribution in [1.29, 1.82) is 0 Å². The maximum Gasteiger partial charge on any atom is 0.416 e. The van der Waals surface area contributed by atoms with Crippen LogP contribution in [0.5, 0.6) is 5.88 Å². The summed E-state index contributed by atoms with van der Waals surface area (Å²) >= 11 is 0. The van der Waals surface area contributed by atoms with Gasteiger partial charge in [-0.3, -0.25) is 0 Å². The van der Waals surface area contributed by atoms with Crippen LogP contribution in [0.2, 0.25) is 0 Å². The molecule has 0 unspecified atom stereocenters. The fraction of sp³-hybridized carbons (Fsp3) is 0.125. The smallest absolute Gasteiger partial charge is 0.416 e. The molecule has 2 amide bonds. The van der Waals surface area contributed by atoms with Crippen LogP contribution < -0.4 is 15.4 Å². The number of amides is 2. The molecule has 3 rings (SSSR count). The zero-order valence-electron chi connectivity index (χ0n) is 12.9. The fourth-order valence-corrected chi connectivity index (χ4v) is 2.33. The third kappa shape index (κ3) is 3.49. The number of carbonyl (C=O) groups is 1. The van der Waals surface area contributed by atoms with Crippen LogP contribution in [0.25, 0.3) is 10.9 Å². The molecule has 0 saturated carbocycles. The van der Waals surface area contributed by atoms with E-state index in [2.05, 4.69) is 20.6 Å². The van der Waals surface area contributed by atoms with Crippen molar-refractivity contribution in [3.05, 3.63) is 48.3 Å². The minimum atomic E-state index is -4.42. The van der Waals surface area contributed by atoms with Crippen molar-refractivity contribution in [3.63, 3.8) is 0 Å². The van der Waals surface area contributed by atoms with Crippen LogP contribution in [0.3, 0.4) is 0 Å². The molecule has 25 heavy (non-hydrogen) atoms. The highest BCUT2D eigenvalue weighted by molar-refractivity contribution is 6.07. The fourth-order valence-electron chi connectivity index (χ4n) is 2.33. The van der Waals surface area contributed by atoms with Gasteiger partial charge in [0, 0.05) is 18.1 Å². The van der Waals surface area contributed by atoms with Crippen LogP contribution in [0, 0.1) is 0 Å². The van der Waals surface area contributed by atoms with Gasteiger partial charge < -0.3 is 20.4 Å². The molecule has 0 radical (unpaired) electrons. The predicted molar refractivity (Wildman–Crippen MR) is 86.7 cm³/mol. The van der Waals surface area contributed by atoms with Gasteiger partial charge in [-0.1, -0.05) is 0 Å². The molecule has 0 saturated heterocycles. The molecule has 130 valence electrons. The molecule has 2 heterocycles. The zero-order valence-corrected chi connectivity index (χ0v) is 12.9. The van der Waals surface area contributed by atoms with E-state index < -0.39 is 17.8 Å². The average molecular weight is 350 g/mol. The number of H-pyrrole nitrogens is 1. The molecule has 9 heteroatoms. The number of pyridine rings is 1. The summed E-state index contributed by atoms with van der Waals surface area (Å²) in [5.41, 5.74) is 0.599. The van der Waals surface area contributed by atoms with Gasteiger partial charge in [0.1, 0.15) is 0 Å². The van der Waals surface area contributed by atoms with E-state index in [0.717, 1.165) is 17.6 Å². The molecule has 6 nitrogen and oxygen atoms in total. The number of halogens is 3. The van der Waals surface area contributed by atoms with E-state index in [9.17, 15) is 18.0 Å². The number of anilines is 2. The van der Waals surface area contributed by atoms with E-state index in [1.54, 1.807) is 18.5 Å². The molecule has 0 aliphatic rings. The SMILES string of the molecule is COc1nccc2[nH]cc(NC(=O)Nc3ccc(C(F)(F)F)cc3)c12. The summed E-state index contributed by atoms with van der Waals surface area (Å²) in [6, 6.07) is 5.27. The number of benzene rings is 1. The lowest BCUT2D eigenvalue weighted by Crippen LogP contribution is -2.19. The van der Waals surface area contributed by atoms with Gasteiger partial charge >= 0.3 is 12.2 Å². The Kier molecular flexibility index (Phi) is 4.22. The summed E-state index contributed by atoms with van der Waals surface area (Å²) < 4.78 is 42.8. The Morgan fingerprint density at radius 1 is 1.16 bits per heavy atom. The van der Waals surface area contributed by atoms with Gasteiger partial charge in [0.2, 0.25) is 5.88 Å². The molecular weight excluding hydrogens is 337 g/mol. The number of urea groups is 1. The number of hydrogen-bond acceptors (Lipinski definition) is 3. The third-order valence-electron chi connectivity index (χ3n) is 3.47. The second-order valence-corrected chi connectivity index (χ2v) is 5.10. The normalized spacial score (nSPS) is 11.4. The van der Waals surface area contributed by atoms with Crippen LogP contribution >= 0.6 is 0 Å². The Bertz CT molecular complexity index is 904. The maximum atomic E-state index is 12.5. The lowest BCUT2D eigenvalue weighted by atomic mass is 10.2. The summed E-state index contributed by atoms with van der Waals surface area (Å²) in [7, 11) is 1.46. The molecular formula is C16H13F3N4O2. The minimum Gasteiger partial charge on any atom is -0.480 e. The van der Waals surface area contributed by atoms with Crippen LogP contribution in [0.1, 0.15) is 5.56 Å². The third-order valence-corrected chi connectivity index (χ3v) is 3.47. The van der Waals surface area contributed by atoms with Crippen LogP contribution in [0.4, 0.5) is 29.3 Å². The topological polar surface area (TPSA) is 79.0 Å². The lowest BCUT2D eigenvalue weighted by Gasteiger charge is -2.10. The molecule has 2 aromatic heterocycles. The summed E-state index contributed by atoms with van der Waals surface area (Å²) in [5.74, 6) is 0.337. The number of fused-ring (bicyclic) bond motifs is 1. The summed E-state index contributed by atoms with van der Waals surface area (Å²) in [6.45, 7) is 0.